The summed E-state index contributed by atoms with van der Waals surface area (Å²) in [4.78, 5) is 52.0. The van der Waals surface area contributed by atoms with Crippen LogP contribution >= 0.6 is 0 Å². The Bertz CT molecular complexity index is 1110. The van der Waals surface area contributed by atoms with Crippen LogP contribution in [0.5, 0.6) is 0 Å². The average Bonchev–Trinajstić information content (AvgIpc) is 3.38. The molecule has 2 aromatic heterocycles. The summed E-state index contributed by atoms with van der Waals surface area (Å²) < 4.78 is 6.82. The molecule has 2 fully saturated rings. The molecule has 5 heterocycles. The topological polar surface area (TPSA) is 119 Å². The summed E-state index contributed by atoms with van der Waals surface area (Å²) in [7, 11) is 0. The number of pyridine rings is 1. The van der Waals surface area contributed by atoms with E-state index in [9.17, 15) is 24.5 Å². The summed E-state index contributed by atoms with van der Waals surface area (Å²) in [5, 5.41) is 11.1. The molecule has 2 saturated heterocycles. The Labute approximate surface area is 177 Å². The van der Waals surface area contributed by atoms with E-state index < -0.39 is 16.2 Å². The fourth-order valence-corrected chi connectivity index (χ4v) is 5.19. The minimum Gasteiger partial charge on any atom is -0.467 e. The van der Waals surface area contributed by atoms with Crippen LogP contribution in [-0.4, -0.2) is 50.7 Å². The van der Waals surface area contributed by atoms with Crippen LogP contribution in [0.3, 0.4) is 0 Å². The lowest BCUT2D eigenvalue weighted by molar-refractivity contribution is -0.386. The Hall–Kier alpha value is -3.43. The summed E-state index contributed by atoms with van der Waals surface area (Å²) in [5.74, 6) is 0.219. The van der Waals surface area contributed by atoms with E-state index in [1.54, 1.807) is 29.4 Å². The van der Waals surface area contributed by atoms with Crippen LogP contribution in [0.15, 0.2) is 39.7 Å². The predicted molar refractivity (Wildman–Crippen MR) is 107 cm³/mol. The summed E-state index contributed by atoms with van der Waals surface area (Å²) in [6.07, 6.45) is 2.59. The highest BCUT2D eigenvalue weighted by atomic mass is 16.6. The number of nitro groups is 1. The normalized spacial score (nSPS) is 24.9. The quantitative estimate of drug-likeness (QED) is 0.538. The van der Waals surface area contributed by atoms with E-state index in [2.05, 4.69) is 0 Å². The molecule has 10 nitrogen and oxygen atoms in total. The Morgan fingerprint density at radius 1 is 1.16 bits per heavy atom. The van der Waals surface area contributed by atoms with Gasteiger partial charge in [-0.2, -0.15) is 0 Å². The molecule has 2 bridgehead atoms. The van der Waals surface area contributed by atoms with Crippen LogP contribution in [0, 0.1) is 22.0 Å². The van der Waals surface area contributed by atoms with Crippen LogP contribution in [0.1, 0.15) is 30.2 Å². The summed E-state index contributed by atoms with van der Waals surface area (Å²) in [5.41, 5.74) is -0.254. The van der Waals surface area contributed by atoms with Gasteiger partial charge in [0.2, 0.25) is 11.8 Å². The zero-order valence-electron chi connectivity index (χ0n) is 16.8. The number of rotatable bonds is 4. The second-order valence-corrected chi connectivity index (χ2v) is 8.61. The number of amides is 2. The number of carbonyl (C=O) groups is 2. The number of fused-ring (bicyclic) bond motifs is 4. The zero-order valence-corrected chi connectivity index (χ0v) is 16.8. The van der Waals surface area contributed by atoms with Crippen molar-refractivity contribution in [2.24, 2.45) is 11.8 Å². The molecule has 0 unspecified atom stereocenters. The number of aromatic nitrogens is 1. The molecule has 0 aromatic carbocycles. The van der Waals surface area contributed by atoms with Gasteiger partial charge in [-0.3, -0.25) is 24.5 Å². The lowest BCUT2D eigenvalue weighted by Gasteiger charge is -2.43. The first kappa shape index (κ1) is 19.5. The minimum atomic E-state index is -0.651. The maximum atomic E-state index is 13.2. The van der Waals surface area contributed by atoms with E-state index in [-0.39, 0.29) is 36.0 Å². The fourth-order valence-electron chi connectivity index (χ4n) is 5.19. The molecule has 0 radical (unpaired) electrons. The van der Waals surface area contributed by atoms with Gasteiger partial charge in [-0.05, 0) is 30.5 Å². The Morgan fingerprint density at radius 3 is 2.74 bits per heavy atom. The molecule has 3 atom stereocenters. The van der Waals surface area contributed by atoms with E-state index in [0.717, 1.165) is 12.1 Å². The summed E-state index contributed by atoms with van der Waals surface area (Å²) in [6, 6.07) is 6.47. The van der Waals surface area contributed by atoms with Crippen molar-refractivity contribution < 1.29 is 18.9 Å². The van der Waals surface area contributed by atoms with Gasteiger partial charge in [0.15, 0.2) is 0 Å². The molecule has 0 spiro atoms. The molecule has 31 heavy (non-hydrogen) atoms. The predicted octanol–water partition coefficient (Wildman–Crippen LogP) is 1.34. The molecule has 2 amide bonds. The van der Waals surface area contributed by atoms with Crippen LogP contribution in [0.2, 0.25) is 0 Å². The van der Waals surface area contributed by atoms with E-state index in [4.69, 9.17) is 4.42 Å². The molecular formula is C21H22N4O6. The SMILES string of the molecule is O=C1C[C@H](C(=O)N2C[C@H]3C[C@H](C2)c2ccc([N+](=O)[O-])c(=O)n2C3)CN1Cc1ccco1. The minimum absolute atomic E-state index is 0.0392. The number of furan rings is 1. The van der Waals surface area contributed by atoms with Gasteiger partial charge >= 0.3 is 11.2 Å². The highest BCUT2D eigenvalue weighted by Crippen LogP contribution is 2.36. The first-order valence-electron chi connectivity index (χ1n) is 10.4. The highest BCUT2D eigenvalue weighted by Gasteiger charge is 2.42. The lowest BCUT2D eigenvalue weighted by atomic mass is 9.82. The molecule has 2 aromatic rings. The van der Waals surface area contributed by atoms with Crippen molar-refractivity contribution in [2.45, 2.75) is 31.8 Å². The fraction of sp³-hybridized carbons (Fsp3) is 0.476. The van der Waals surface area contributed by atoms with Crippen molar-refractivity contribution >= 4 is 17.5 Å². The number of hydrogen-bond donors (Lipinski definition) is 0. The Kier molecular flexibility index (Phi) is 4.64. The van der Waals surface area contributed by atoms with Crippen molar-refractivity contribution in [3.63, 3.8) is 0 Å². The first-order chi connectivity index (χ1) is 14.9. The molecule has 0 N–H and O–H groups in total. The summed E-state index contributed by atoms with van der Waals surface area (Å²) in [6.45, 7) is 2.04. The molecule has 3 aliphatic rings. The first-order valence-corrected chi connectivity index (χ1v) is 10.4. The van der Waals surface area contributed by atoms with Gasteiger partial charge in [-0.15, -0.1) is 0 Å². The van der Waals surface area contributed by atoms with Gasteiger partial charge in [0, 0.05) is 50.3 Å². The van der Waals surface area contributed by atoms with Gasteiger partial charge < -0.3 is 18.8 Å². The third-order valence-electron chi connectivity index (χ3n) is 6.58. The molecule has 10 heteroatoms. The zero-order chi connectivity index (χ0) is 21.7. The second-order valence-electron chi connectivity index (χ2n) is 8.61. The lowest BCUT2D eigenvalue weighted by Crippen LogP contribution is -2.51. The Morgan fingerprint density at radius 2 is 2.00 bits per heavy atom. The van der Waals surface area contributed by atoms with E-state index in [0.29, 0.717) is 38.5 Å². The van der Waals surface area contributed by atoms with Crippen LogP contribution in [-0.2, 0) is 22.7 Å². The van der Waals surface area contributed by atoms with Gasteiger partial charge in [0.05, 0.1) is 23.6 Å². The average molecular weight is 426 g/mol. The number of hydrogen-bond acceptors (Lipinski definition) is 6. The van der Waals surface area contributed by atoms with Gasteiger partial charge in [-0.1, -0.05) is 0 Å². The third kappa shape index (κ3) is 3.41. The number of likely N-dealkylation sites (tertiary alicyclic amines) is 2. The van der Waals surface area contributed by atoms with Crippen LogP contribution in [0.4, 0.5) is 5.69 Å². The third-order valence-corrected chi connectivity index (χ3v) is 6.58. The van der Waals surface area contributed by atoms with E-state index in [1.807, 2.05) is 4.90 Å². The van der Waals surface area contributed by atoms with Gasteiger partial charge in [0.1, 0.15) is 5.76 Å². The van der Waals surface area contributed by atoms with Crippen LogP contribution in [0.25, 0.3) is 0 Å². The molecule has 3 aliphatic heterocycles. The monoisotopic (exact) mass is 426 g/mol. The maximum Gasteiger partial charge on any atom is 0.334 e. The van der Waals surface area contributed by atoms with E-state index >= 15 is 0 Å². The number of piperidine rings is 1. The van der Waals surface area contributed by atoms with Crippen LogP contribution < -0.4 is 5.56 Å². The molecule has 0 saturated carbocycles. The second kappa shape index (κ2) is 7.36. The molecule has 5 rings (SSSR count). The largest absolute Gasteiger partial charge is 0.467 e. The van der Waals surface area contributed by atoms with Crippen molar-refractivity contribution in [1.29, 1.82) is 0 Å². The highest BCUT2D eigenvalue weighted by molar-refractivity contribution is 5.89. The van der Waals surface area contributed by atoms with Crippen molar-refractivity contribution in [3.05, 3.63) is 62.5 Å². The van der Waals surface area contributed by atoms with E-state index in [1.165, 1.54) is 10.6 Å². The van der Waals surface area contributed by atoms with Crippen molar-refractivity contribution in [2.75, 3.05) is 19.6 Å². The van der Waals surface area contributed by atoms with Gasteiger partial charge in [0.25, 0.3) is 0 Å². The van der Waals surface area contributed by atoms with Crippen molar-refractivity contribution in [3.8, 4) is 0 Å². The molecular weight excluding hydrogens is 404 g/mol. The number of carbonyl (C=O) groups excluding carboxylic acids is 2. The maximum absolute atomic E-state index is 13.2. The van der Waals surface area contributed by atoms with Gasteiger partial charge in [-0.25, -0.2) is 0 Å². The number of nitrogens with zero attached hydrogens (tertiary/aromatic N) is 4. The Balaban J connectivity index is 1.31. The standard InChI is InChI=1S/C21H22N4O6/c26-19-7-15(11-22(19)12-16-2-1-5-31-16)20(27)23-8-13-6-14(10-23)17-3-4-18(25(29)30)21(28)24(17)9-13/h1-5,13-15H,6-12H2/t13-,14-,15+/m1/s1. The molecule has 0 aliphatic carbocycles. The molecule has 162 valence electrons. The van der Waals surface area contributed by atoms with Crippen molar-refractivity contribution in [1.82, 2.24) is 14.4 Å². The summed E-state index contributed by atoms with van der Waals surface area (Å²) >= 11 is 0. The smallest absolute Gasteiger partial charge is 0.334 e.